The Balaban J connectivity index is 2.03. The number of rotatable bonds is 1. The number of nitrogens with zero attached hydrogens (tertiary/aromatic N) is 2. The molecule has 0 radical (unpaired) electrons. The maximum atomic E-state index is 13.2. The molecule has 90 valence electrons. The fourth-order valence-electron chi connectivity index (χ4n) is 1.94. The van der Waals surface area contributed by atoms with Gasteiger partial charge in [0.1, 0.15) is 11.3 Å². The summed E-state index contributed by atoms with van der Waals surface area (Å²) in [6, 6.07) is 3.33. The molecule has 2 heterocycles. The van der Waals surface area contributed by atoms with Crippen LogP contribution in [-0.4, -0.2) is 31.2 Å². The summed E-state index contributed by atoms with van der Waals surface area (Å²) in [5, 5.41) is 3.26. The second-order valence-corrected chi connectivity index (χ2v) is 4.82. The Morgan fingerprint density at radius 1 is 1.35 bits per heavy atom. The summed E-state index contributed by atoms with van der Waals surface area (Å²) in [4.78, 5) is 6.38. The molecule has 0 saturated carbocycles. The molecular formula is C11H11BrFN3O. The minimum atomic E-state index is -0.315. The van der Waals surface area contributed by atoms with Crippen LogP contribution in [0.1, 0.15) is 0 Å². The molecule has 1 aromatic heterocycles. The molecule has 1 saturated heterocycles. The number of piperazine rings is 1. The van der Waals surface area contributed by atoms with Crippen molar-refractivity contribution >= 4 is 33.0 Å². The molecule has 17 heavy (non-hydrogen) atoms. The molecule has 3 rings (SSSR count). The molecule has 0 spiro atoms. The molecule has 0 unspecified atom stereocenters. The molecule has 0 bridgehead atoms. The number of fused-ring (bicyclic) bond motifs is 1. The second-order valence-electron chi connectivity index (χ2n) is 3.97. The zero-order valence-corrected chi connectivity index (χ0v) is 10.6. The Morgan fingerprint density at radius 2 is 2.12 bits per heavy atom. The van der Waals surface area contributed by atoms with E-state index in [1.807, 2.05) is 0 Å². The number of aromatic nitrogens is 1. The number of nitrogens with one attached hydrogen (secondary N) is 1. The third-order valence-corrected chi connectivity index (χ3v) is 3.37. The zero-order valence-electron chi connectivity index (χ0n) is 9.04. The third kappa shape index (κ3) is 2.02. The second kappa shape index (κ2) is 4.27. The predicted molar refractivity (Wildman–Crippen MR) is 66.7 cm³/mol. The van der Waals surface area contributed by atoms with Crippen molar-refractivity contribution in [3.8, 4) is 0 Å². The standard InChI is InChI=1S/C11H11BrFN3O/c12-8-5-7(13)6-9-10(8)17-11(15-9)16-3-1-14-2-4-16/h5-6,14H,1-4H2. The number of oxazole rings is 1. The van der Waals surface area contributed by atoms with Gasteiger partial charge in [-0.3, -0.25) is 0 Å². The van der Waals surface area contributed by atoms with Gasteiger partial charge in [-0.15, -0.1) is 0 Å². The van der Waals surface area contributed by atoms with Crippen LogP contribution in [0.3, 0.4) is 0 Å². The number of hydrogen-bond acceptors (Lipinski definition) is 4. The largest absolute Gasteiger partial charge is 0.422 e. The van der Waals surface area contributed by atoms with Crippen molar-refractivity contribution in [1.29, 1.82) is 0 Å². The highest BCUT2D eigenvalue weighted by molar-refractivity contribution is 9.10. The van der Waals surface area contributed by atoms with E-state index in [-0.39, 0.29) is 5.82 Å². The zero-order chi connectivity index (χ0) is 11.8. The number of benzene rings is 1. The molecular weight excluding hydrogens is 289 g/mol. The van der Waals surface area contributed by atoms with Crippen LogP contribution < -0.4 is 10.2 Å². The van der Waals surface area contributed by atoms with E-state index < -0.39 is 0 Å². The Hall–Kier alpha value is -1.14. The van der Waals surface area contributed by atoms with E-state index in [9.17, 15) is 4.39 Å². The minimum Gasteiger partial charge on any atom is -0.422 e. The molecule has 0 aliphatic carbocycles. The Kier molecular flexibility index (Phi) is 2.76. The maximum Gasteiger partial charge on any atom is 0.298 e. The van der Waals surface area contributed by atoms with E-state index in [0.29, 0.717) is 21.6 Å². The average Bonchev–Trinajstić information content (AvgIpc) is 2.74. The maximum absolute atomic E-state index is 13.2. The summed E-state index contributed by atoms with van der Waals surface area (Å²) in [6.07, 6.45) is 0. The molecule has 0 atom stereocenters. The Labute approximate surface area is 106 Å². The molecule has 1 aromatic carbocycles. The molecule has 1 aliphatic heterocycles. The van der Waals surface area contributed by atoms with Crippen LogP contribution in [0.2, 0.25) is 0 Å². The predicted octanol–water partition coefficient (Wildman–Crippen LogP) is 2.14. The number of anilines is 1. The first-order valence-electron chi connectivity index (χ1n) is 5.45. The van der Waals surface area contributed by atoms with Crippen molar-refractivity contribution in [2.75, 3.05) is 31.1 Å². The van der Waals surface area contributed by atoms with Crippen molar-refractivity contribution in [2.45, 2.75) is 0 Å². The van der Waals surface area contributed by atoms with E-state index in [1.54, 1.807) is 0 Å². The fraction of sp³-hybridized carbons (Fsp3) is 0.364. The molecule has 1 fully saturated rings. The van der Waals surface area contributed by atoms with Crippen molar-refractivity contribution in [1.82, 2.24) is 10.3 Å². The fourth-order valence-corrected chi connectivity index (χ4v) is 2.44. The van der Waals surface area contributed by atoms with E-state index in [1.165, 1.54) is 12.1 Å². The first-order valence-corrected chi connectivity index (χ1v) is 6.24. The first kappa shape index (κ1) is 11.0. The molecule has 6 heteroatoms. The Bertz CT molecular complexity index is 551. The lowest BCUT2D eigenvalue weighted by molar-refractivity contribution is 0.517. The Morgan fingerprint density at radius 3 is 2.88 bits per heavy atom. The van der Waals surface area contributed by atoms with Crippen molar-refractivity contribution in [3.63, 3.8) is 0 Å². The summed E-state index contributed by atoms with van der Waals surface area (Å²) >= 11 is 3.28. The smallest absolute Gasteiger partial charge is 0.298 e. The lowest BCUT2D eigenvalue weighted by Crippen LogP contribution is -2.43. The van der Waals surface area contributed by atoms with Crippen LogP contribution in [0.15, 0.2) is 21.0 Å². The highest BCUT2D eigenvalue weighted by Crippen LogP contribution is 2.29. The summed E-state index contributed by atoms with van der Waals surface area (Å²) in [7, 11) is 0. The van der Waals surface area contributed by atoms with E-state index in [2.05, 4.69) is 31.1 Å². The van der Waals surface area contributed by atoms with Crippen LogP contribution in [-0.2, 0) is 0 Å². The molecule has 4 nitrogen and oxygen atoms in total. The van der Waals surface area contributed by atoms with Gasteiger partial charge in [0.05, 0.1) is 4.47 Å². The highest BCUT2D eigenvalue weighted by Gasteiger charge is 2.18. The quantitative estimate of drug-likeness (QED) is 0.876. The average molecular weight is 300 g/mol. The molecule has 1 aliphatic rings. The van der Waals surface area contributed by atoms with Gasteiger partial charge >= 0.3 is 0 Å². The van der Waals surface area contributed by atoms with Gasteiger partial charge in [-0.25, -0.2) is 4.39 Å². The van der Waals surface area contributed by atoms with Gasteiger partial charge in [-0.2, -0.15) is 4.98 Å². The van der Waals surface area contributed by atoms with Gasteiger partial charge in [0.2, 0.25) is 0 Å². The van der Waals surface area contributed by atoms with Crippen molar-refractivity contribution in [3.05, 3.63) is 22.4 Å². The van der Waals surface area contributed by atoms with E-state index in [4.69, 9.17) is 4.42 Å². The highest BCUT2D eigenvalue weighted by atomic mass is 79.9. The van der Waals surface area contributed by atoms with Gasteiger partial charge in [0.25, 0.3) is 6.01 Å². The summed E-state index contributed by atoms with van der Waals surface area (Å²) in [5.41, 5.74) is 1.14. The van der Waals surface area contributed by atoms with Crippen LogP contribution >= 0.6 is 15.9 Å². The number of halogens is 2. The SMILES string of the molecule is Fc1cc(Br)c2oc(N3CCNCC3)nc2c1. The first-order chi connectivity index (χ1) is 8.24. The van der Waals surface area contributed by atoms with Crippen LogP contribution in [0, 0.1) is 5.82 Å². The summed E-state index contributed by atoms with van der Waals surface area (Å²) in [6.45, 7) is 3.53. The van der Waals surface area contributed by atoms with Gasteiger partial charge in [0, 0.05) is 32.2 Å². The van der Waals surface area contributed by atoms with Crippen molar-refractivity contribution in [2.24, 2.45) is 0 Å². The number of hydrogen-bond donors (Lipinski definition) is 1. The monoisotopic (exact) mass is 299 g/mol. The normalized spacial score (nSPS) is 16.7. The molecule has 1 N–H and O–H groups in total. The minimum absolute atomic E-state index is 0.315. The summed E-state index contributed by atoms with van der Waals surface area (Å²) in [5.74, 6) is -0.315. The third-order valence-electron chi connectivity index (χ3n) is 2.79. The van der Waals surface area contributed by atoms with Crippen molar-refractivity contribution < 1.29 is 8.81 Å². The van der Waals surface area contributed by atoms with Gasteiger partial charge < -0.3 is 14.6 Å². The topological polar surface area (TPSA) is 41.3 Å². The van der Waals surface area contributed by atoms with Gasteiger partial charge in [-0.05, 0) is 22.0 Å². The van der Waals surface area contributed by atoms with E-state index in [0.717, 1.165) is 26.2 Å². The van der Waals surface area contributed by atoms with Crippen LogP contribution in [0.25, 0.3) is 11.1 Å². The lowest BCUT2D eigenvalue weighted by Gasteiger charge is -2.25. The lowest BCUT2D eigenvalue weighted by atomic mass is 10.3. The van der Waals surface area contributed by atoms with Gasteiger partial charge in [-0.1, -0.05) is 0 Å². The molecule has 0 amide bonds. The van der Waals surface area contributed by atoms with Crippen LogP contribution in [0.5, 0.6) is 0 Å². The van der Waals surface area contributed by atoms with Crippen LogP contribution in [0.4, 0.5) is 10.4 Å². The van der Waals surface area contributed by atoms with E-state index >= 15 is 0 Å². The summed E-state index contributed by atoms with van der Waals surface area (Å²) < 4.78 is 19.5. The van der Waals surface area contributed by atoms with Gasteiger partial charge in [0.15, 0.2) is 5.58 Å². The molecule has 2 aromatic rings.